The SMILES string of the molecule is BrC1(Br)[C@@H]2COCOC[C@H]21. The van der Waals surface area contributed by atoms with E-state index in [0.29, 0.717) is 18.6 Å². The van der Waals surface area contributed by atoms with Crippen LogP contribution in [-0.4, -0.2) is 23.2 Å². The predicted molar refractivity (Wildman–Crippen MR) is 44.3 cm³/mol. The fraction of sp³-hybridized carbons (Fsp3) is 1.00. The van der Waals surface area contributed by atoms with E-state index in [9.17, 15) is 0 Å². The standard InChI is InChI=1S/C6H8Br2O2/c7-6(8)4-1-9-3-10-2-5(4)6/h4-5H,1-3H2/t4-,5-/m1/s1. The number of rotatable bonds is 0. The predicted octanol–water partition coefficient (Wildman–Crippen LogP) is 1.72. The van der Waals surface area contributed by atoms with Crippen molar-refractivity contribution in [1.29, 1.82) is 0 Å². The van der Waals surface area contributed by atoms with Gasteiger partial charge in [0.15, 0.2) is 0 Å². The second-order valence-electron chi connectivity index (χ2n) is 2.75. The molecule has 0 unspecified atom stereocenters. The minimum Gasteiger partial charge on any atom is -0.355 e. The average Bonchev–Trinajstić information content (AvgIpc) is 2.47. The third kappa shape index (κ3) is 1.05. The van der Waals surface area contributed by atoms with E-state index >= 15 is 0 Å². The second kappa shape index (κ2) is 2.44. The van der Waals surface area contributed by atoms with Crippen molar-refractivity contribution in [3.8, 4) is 0 Å². The van der Waals surface area contributed by atoms with E-state index in [1.807, 2.05) is 0 Å². The van der Waals surface area contributed by atoms with Crippen molar-refractivity contribution in [2.24, 2.45) is 11.8 Å². The topological polar surface area (TPSA) is 18.5 Å². The molecule has 2 fully saturated rings. The van der Waals surface area contributed by atoms with Crippen molar-refractivity contribution in [3.05, 3.63) is 0 Å². The van der Waals surface area contributed by atoms with Crippen molar-refractivity contribution in [1.82, 2.24) is 0 Å². The lowest BCUT2D eigenvalue weighted by Crippen LogP contribution is -2.05. The molecule has 0 amide bonds. The third-order valence-corrected chi connectivity index (χ3v) is 4.48. The molecule has 0 aromatic rings. The maximum absolute atomic E-state index is 5.20. The molecule has 0 aromatic heterocycles. The summed E-state index contributed by atoms with van der Waals surface area (Å²) >= 11 is 7.14. The molecule has 1 aliphatic carbocycles. The van der Waals surface area contributed by atoms with Gasteiger partial charge in [0.1, 0.15) is 6.79 Å². The van der Waals surface area contributed by atoms with Crippen LogP contribution in [0.2, 0.25) is 0 Å². The largest absolute Gasteiger partial charge is 0.355 e. The van der Waals surface area contributed by atoms with Gasteiger partial charge in [0.25, 0.3) is 0 Å². The molecular formula is C6H8Br2O2. The molecule has 58 valence electrons. The van der Waals surface area contributed by atoms with Crippen LogP contribution in [0.1, 0.15) is 0 Å². The van der Waals surface area contributed by atoms with Crippen LogP contribution >= 0.6 is 31.9 Å². The Labute approximate surface area is 76.5 Å². The second-order valence-corrected chi connectivity index (χ2v) is 6.44. The zero-order valence-electron chi connectivity index (χ0n) is 5.35. The number of ether oxygens (including phenoxy) is 2. The first kappa shape index (κ1) is 7.53. The lowest BCUT2D eigenvalue weighted by molar-refractivity contribution is -0.0420. The number of hydrogen-bond donors (Lipinski definition) is 0. The Bertz CT molecular complexity index is 135. The molecule has 1 saturated heterocycles. The van der Waals surface area contributed by atoms with Crippen molar-refractivity contribution >= 4 is 31.9 Å². The van der Waals surface area contributed by atoms with Gasteiger partial charge < -0.3 is 9.47 Å². The average molecular weight is 272 g/mol. The van der Waals surface area contributed by atoms with Crippen LogP contribution in [0.25, 0.3) is 0 Å². The Hall–Kier alpha value is 0.880. The van der Waals surface area contributed by atoms with Crippen molar-refractivity contribution in [2.75, 3.05) is 20.0 Å². The molecule has 1 saturated carbocycles. The van der Waals surface area contributed by atoms with E-state index in [1.54, 1.807) is 0 Å². The van der Waals surface area contributed by atoms with Crippen molar-refractivity contribution in [3.63, 3.8) is 0 Å². The van der Waals surface area contributed by atoms with Crippen LogP contribution in [0.4, 0.5) is 0 Å². The fourth-order valence-electron chi connectivity index (χ4n) is 1.32. The minimum atomic E-state index is 0.112. The maximum atomic E-state index is 5.20. The van der Waals surface area contributed by atoms with Gasteiger partial charge in [-0.15, -0.1) is 0 Å². The van der Waals surface area contributed by atoms with Crippen LogP contribution in [0, 0.1) is 11.8 Å². The summed E-state index contributed by atoms with van der Waals surface area (Å²) in [6, 6.07) is 0. The zero-order valence-corrected chi connectivity index (χ0v) is 8.52. The summed E-state index contributed by atoms with van der Waals surface area (Å²) in [6.07, 6.45) is 0. The Morgan fingerprint density at radius 2 is 1.60 bits per heavy atom. The summed E-state index contributed by atoms with van der Waals surface area (Å²) < 4.78 is 10.5. The molecule has 10 heavy (non-hydrogen) atoms. The molecule has 0 bridgehead atoms. The summed E-state index contributed by atoms with van der Waals surface area (Å²) in [5.74, 6) is 1.19. The molecule has 0 N–H and O–H groups in total. The Morgan fingerprint density at radius 3 is 2.10 bits per heavy atom. The molecule has 4 heteroatoms. The summed E-state index contributed by atoms with van der Waals surface area (Å²) in [5, 5.41) is 0. The van der Waals surface area contributed by atoms with Gasteiger partial charge in [0, 0.05) is 11.8 Å². The van der Waals surface area contributed by atoms with Crippen molar-refractivity contribution < 1.29 is 9.47 Å². The summed E-state index contributed by atoms with van der Waals surface area (Å²) in [6.45, 7) is 2.07. The molecule has 1 heterocycles. The van der Waals surface area contributed by atoms with E-state index in [0.717, 1.165) is 13.2 Å². The van der Waals surface area contributed by atoms with Gasteiger partial charge in [0.05, 0.1) is 16.4 Å². The number of alkyl halides is 2. The fourth-order valence-corrected chi connectivity index (χ4v) is 2.86. The normalized spacial score (nSPS) is 43.8. The minimum absolute atomic E-state index is 0.112. The van der Waals surface area contributed by atoms with Crippen molar-refractivity contribution in [2.45, 2.75) is 3.23 Å². The van der Waals surface area contributed by atoms with Crippen LogP contribution in [0.3, 0.4) is 0 Å². The smallest absolute Gasteiger partial charge is 0.146 e. The number of hydrogen-bond acceptors (Lipinski definition) is 2. The Balaban J connectivity index is 2.01. The molecule has 0 aromatic carbocycles. The molecule has 1 aliphatic heterocycles. The van der Waals surface area contributed by atoms with Gasteiger partial charge in [-0.05, 0) is 0 Å². The zero-order chi connectivity index (χ0) is 7.19. The first-order valence-corrected chi connectivity index (χ1v) is 4.85. The molecule has 2 nitrogen and oxygen atoms in total. The van der Waals surface area contributed by atoms with Gasteiger partial charge in [-0.2, -0.15) is 0 Å². The first-order chi connectivity index (χ1) is 4.73. The van der Waals surface area contributed by atoms with Gasteiger partial charge in [-0.3, -0.25) is 0 Å². The van der Waals surface area contributed by atoms with Gasteiger partial charge in [-0.25, -0.2) is 0 Å². The highest BCUT2D eigenvalue weighted by Gasteiger charge is 2.62. The first-order valence-electron chi connectivity index (χ1n) is 3.26. The lowest BCUT2D eigenvalue weighted by atomic mass is 10.3. The molecule has 2 rings (SSSR count). The van der Waals surface area contributed by atoms with E-state index < -0.39 is 0 Å². The van der Waals surface area contributed by atoms with Gasteiger partial charge >= 0.3 is 0 Å². The highest BCUT2D eigenvalue weighted by atomic mass is 79.9. The Kier molecular flexibility index (Phi) is 1.83. The van der Waals surface area contributed by atoms with Crippen LogP contribution in [-0.2, 0) is 9.47 Å². The molecule has 0 radical (unpaired) electrons. The lowest BCUT2D eigenvalue weighted by Gasteiger charge is -2.04. The Morgan fingerprint density at radius 1 is 1.10 bits per heavy atom. The molecule has 2 aliphatic rings. The third-order valence-electron chi connectivity index (χ3n) is 2.13. The maximum Gasteiger partial charge on any atom is 0.146 e. The van der Waals surface area contributed by atoms with Crippen LogP contribution < -0.4 is 0 Å². The molecule has 0 spiro atoms. The van der Waals surface area contributed by atoms with E-state index in [4.69, 9.17) is 9.47 Å². The molecular weight excluding hydrogens is 264 g/mol. The summed E-state index contributed by atoms with van der Waals surface area (Å²) in [4.78, 5) is 0. The van der Waals surface area contributed by atoms with E-state index in [2.05, 4.69) is 31.9 Å². The summed E-state index contributed by atoms with van der Waals surface area (Å²) in [7, 11) is 0. The number of halogens is 2. The highest BCUT2D eigenvalue weighted by molar-refractivity contribution is 9.25. The van der Waals surface area contributed by atoms with Gasteiger partial charge in [-0.1, -0.05) is 31.9 Å². The van der Waals surface area contributed by atoms with Crippen LogP contribution in [0.15, 0.2) is 0 Å². The quantitative estimate of drug-likeness (QED) is 0.625. The monoisotopic (exact) mass is 270 g/mol. The van der Waals surface area contributed by atoms with Gasteiger partial charge in [0.2, 0.25) is 0 Å². The highest BCUT2D eigenvalue weighted by Crippen LogP contribution is 2.62. The number of fused-ring (bicyclic) bond motifs is 1. The summed E-state index contributed by atoms with van der Waals surface area (Å²) in [5.41, 5.74) is 0. The van der Waals surface area contributed by atoms with E-state index in [1.165, 1.54) is 0 Å². The molecule has 2 atom stereocenters. The van der Waals surface area contributed by atoms with E-state index in [-0.39, 0.29) is 3.23 Å². The van der Waals surface area contributed by atoms with Crippen LogP contribution in [0.5, 0.6) is 0 Å².